The maximum atomic E-state index is 14.3. The van der Waals surface area contributed by atoms with Crippen molar-refractivity contribution in [2.24, 2.45) is 35.0 Å². The van der Waals surface area contributed by atoms with Gasteiger partial charge >= 0.3 is 5.97 Å². The molecule has 8 amide bonds. The molecule has 1 aliphatic rings. The van der Waals surface area contributed by atoms with Crippen LogP contribution >= 0.6 is 0 Å². The molecule has 0 aromatic heterocycles. The van der Waals surface area contributed by atoms with Crippen LogP contribution in [0.5, 0.6) is 0 Å². The van der Waals surface area contributed by atoms with Gasteiger partial charge in [-0.1, -0.05) is 48.0 Å². The van der Waals surface area contributed by atoms with Crippen LogP contribution in [-0.2, 0) is 43.2 Å². The summed E-state index contributed by atoms with van der Waals surface area (Å²) in [4.78, 5) is 121. The second kappa shape index (κ2) is 30.3. The number of hydrogen-bond donors (Lipinski definition) is 13. The highest BCUT2D eigenvalue weighted by Crippen LogP contribution is 2.22. The minimum Gasteiger partial charge on any atom is -0.480 e. The summed E-state index contributed by atoms with van der Waals surface area (Å²) >= 11 is 0. The number of aliphatic hydroxyl groups excluding tert-OH is 2. The van der Waals surface area contributed by atoms with Crippen LogP contribution in [0.25, 0.3) is 0 Å². The predicted molar refractivity (Wildman–Crippen MR) is 239 cm³/mol. The normalized spacial score (nSPS) is 17.4. The number of unbranched alkanes of at least 4 members (excludes halogenated alkanes) is 2. The molecular formula is C42H77N11O12. The Morgan fingerprint density at radius 2 is 1.11 bits per heavy atom. The molecule has 0 radical (unpaired) electrons. The number of carboxylic acid groups (broad SMARTS) is 1. The quantitative estimate of drug-likeness (QED) is 0.0299. The first-order valence-electron chi connectivity index (χ1n) is 22.7. The Hall–Kier alpha value is -4.97. The van der Waals surface area contributed by atoms with Gasteiger partial charge in [-0.05, 0) is 88.6 Å². The van der Waals surface area contributed by atoms with Crippen molar-refractivity contribution < 1.29 is 58.5 Å². The number of likely N-dealkylation sites (tertiary alicyclic amines) is 1. The summed E-state index contributed by atoms with van der Waals surface area (Å²) in [5, 5.41) is 47.0. The SMILES string of the molecule is CC[C@H](C)[C@H](NC(=O)[C@@H]1CCCN1C(=O)[C@H](CCCCN)NC(=O)[C@@H](NC(=O)[C@H](CCCCN)NC(=O)[C@H](CO)NC(=O)CN)C(C)C)C(=O)N[C@@H](CO)C(=O)N[C@@H](CC(C)C)C(=O)O. The van der Waals surface area contributed by atoms with Gasteiger partial charge in [0, 0.05) is 6.54 Å². The first kappa shape index (κ1) is 58.0. The second-order valence-electron chi connectivity index (χ2n) is 17.3. The van der Waals surface area contributed by atoms with Crippen LogP contribution in [0.2, 0.25) is 0 Å². The molecule has 372 valence electrons. The van der Waals surface area contributed by atoms with Gasteiger partial charge in [-0.15, -0.1) is 0 Å². The van der Waals surface area contributed by atoms with Crippen molar-refractivity contribution in [2.45, 2.75) is 154 Å². The summed E-state index contributed by atoms with van der Waals surface area (Å²) < 4.78 is 0. The lowest BCUT2D eigenvalue weighted by atomic mass is 9.97. The van der Waals surface area contributed by atoms with E-state index in [2.05, 4.69) is 37.2 Å². The standard InChI is InChI=1S/C42H77N11O12/c1-7-25(6)34(40(62)50-30(22-55)37(59)49-28(42(64)65)19-23(2)3)52-38(60)31-15-12-18-53(31)41(63)27(14-9-11-17-44)48-39(61)33(24(4)5)51-35(57)26(13-8-10-16-43)47-36(58)29(21-54)46-32(56)20-45/h23-31,33-34,54-55H,7-22,43-45H2,1-6H3,(H,46,56)(H,47,58)(H,48,61)(H,49,59)(H,50,62)(H,51,57)(H,52,60)(H,64,65)/t25-,26-,27-,28-,29-,30-,31-,33-,34-/m0/s1. The Balaban J connectivity index is 3.33. The molecule has 1 fully saturated rings. The van der Waals surface area contributed by atoms with E-state index in [-0.39, 0.29) is 38.1 Å². The largest absolute Gasteiger partial charge is 0.480 e. The van der Waals surface area contributed by atoms with Crippen molar-refractivity contribution in [3.63, 3.8) is 0 Å². The van der Waals surface area contributed by atoms with Crippen LogP contribution in [-0.4, -0.2) is 161 Å². The number of carbonyl (C=O) groups excluding carboxylic acids is 8. The summed E-state index contributed by atoms with van der Waals surface area (Å²) in [7, 11) is 0. The highest BCUT2D eigenvalue weighted by molar-refractivity contribution is 5.98. The highest BCUT2D eigenvalue weighted by Gasteiger charge is 2.41. The number of nitrogens with one attached hydrogen (secondary N) is 7. The molecule has 0 aromatic rings. The van der Waals surface area contributed by atoms with Crippen LogP contribution in [0.4, 0.5) is 0 Å². The van der Waals surface area contributed by atoms with E-state index in [1.54, 1.807) is 41.5 Å². The van der Waals surface area contributed by atoms with Crippen LogP contribution in [0.1, 0.15) is 106 Å². The Bertz CT molecular complexity index is 1590. The van der Waals surface area contributed by atoms with E-state index in [0.717, 1.165) is 0 Å². The number of aliphatic hydroxyl groups is 2. The van der Waals surface area contributed by atoms with Gasteiger partial charge in [-0.2, -0.15) is 0 Å². The van der Waals surface area contributed by atoms with E-state index in [0.29, 0.717) is 51.6 Å². The summed E-state index contributed by atoms with van der Waals surface area (Å²) in [6.07, 6.45) is 3.20. The third-order valence-electron chi connectivity index (χ3n) is 11.2. The van der Waals surface area contributed by atoms with Gasteiger partial charge in [0.2, 0.25) is 47.3 Å². The maximum Gasteiger partial charge on any atom is 0.326 e. The van der Waals surface area contributed by atoms with Crippen LogP contribution in [0.15, 0.2) is 0 Å². The lowest BCUT2D eigenvalue weighted by Crippen LogP contribution is -2.61. The molecule has 1 saturated heterocycles. The van der Waals surface area contributed by atoms with Gasteiger partial charge in [0.25, 0.3) is 0 Å². The fourth-order valence-corrected chi connectivity index (χ4v) is 7.16. The molecule has 0 unspecified atom stereocenters. The van der Waals surface area contributed by atoms with E-state index in [9.17, 15) is 58.5 Å². The van der Waals surface area contributed by atoms with Crippen molar-refractivity contribution in [3.05, 3.63) is 0 Å². The zero-order valence-corrected chi connectivity index (χ0v) is 38.9. The molecule has 0 aliphatic carbocycles. The molecule has 1 rings (SSSR count). The summed E-state index contributed by atoms with van der Waals surface area (Å²) in [6, 6.07) is -10.1. The van der Waals surface area contributed by atoms with Crippen molar-refractivity contribution in [2.75, 3.05) is 39.4 Å². The van der Waals surface area contributed by atoms with Gasteiger partial charge in [0.05, 0.1) is 19.8 Å². The molecule has 23 nitrogen and oxygen atoms in total. The number of amides is 8. The number of carbonyl (C=O) groups is 9. The minimum absolute atomic E-state index is 0.0849. The van der Waals surface area contributed by atoms with E-state index in [1.807, 2.05) is 0 Å². The number of nitrogens with zero attached hydrogens (tertiary/aromatic N) is 1. The molecular weight excluding hydrogens is 851 g/mol. The molecule has 1 heterocycles. The monoisotopic (exact) mass is 928 g/mol. The smallest absolute Gasteiger partial charge is 0.326 e. The number of carboxylic acids is 1. The molecule has 23 heteroatoms. The van der Waals surface area contributed by atoms with E-state index in [1.165, 1.54) is 4.90 Å². The highest BCUT2D eigenvalue weighted by atomic mass is 16.4. The summed E-state index contributed by atoms with van der Waals surface area (Å²) in [6.45, 7) is 9.02. The first-order valence-corrected chi connectivity index (χ1v) is 22.7. The summed E-state index contributed by atoms with van der Waals surface area (Å²) in [5.41, 5.74) is 16.7. The molecule has 65 heavy (non-hydrogen) atoms. The summed E-state index contributed by atoms with van der Waals surface area (Å²) in [5.74, 6) is -8.40. The fraction of sp³-hybridized carbons (Fsp3) is 0.786. The lowest BCUT2D eigenvalue weighted by Gasteiger charge is -2.32. The van der Waals surface area contributed by atoms with Crippen molar-refractivity contribution in [3.8, 4) is 0 Å². The fourth-order valence-electron chi connectivity index (χ4n) is 7.16. The van der Waals surface area contributed by atoms with Crippen molar-refractivity contribution in [1.82, 2.24) is 42.1 Å². The van der Waals surface area contributed by atoms with Gasteiger partial charge < -0.3 is 74.6 Å². The van der Waals surface area contributed by atoms with Gasteiger partial charge in [-0.3, -0.25) is 38.4 Å². The number of rotatable bonds is 31. The van der Waals surface area contributed by atoms with Crippen molar-refractivity contribution >= 4 is 53.2 Å². The lowest BCUT2D eigenvalue weighted by molar-refractivity contribution is -0.143. The van der Waals surface area contributed by atoms with Crippen molar-refractivity contribution in [1.29, 1.82) is 0 Å². The Kier molecular flexibility index (Phi) is 27.0. The first-order chi connectivity index (χ1) is 30.7. The van der Waals surface area contributed by atoms with E-state index < -0.39 is 133 Å². The van der Waals surface area contributed by atoms with Gasteiger partial charge in [0.1, 0.15) is 48.3 Å². The number of nitrogens with two attached hydrogens (primary N) is 3. The molecule has 9 atom stereocenters. The predicted octanol–water partition coefficient (Wildman–Crippen LogP) is -3.59. The third-order valence-corrected chi connectivity index (χ3v) is 11.2. The molecule has 0 spiro atoms. The van der Waals surface area contributed by atoms with E-state index >= 15 is 0 Å². The minimum atomic E-state index is -1.53. The van der Waals surface area contributed by atoms with Crippen LogP contribution in [0, 0.1) is 17.8 Å². The zero-order chi connectivity index (χ0) is 49.4. The third kappa shape index (κ3) is 19.6. The zero-order valence-electron chi connectivity index (χ0n) is 38.9. The van der Waals surface area contributed by atoms with E-state index in [4.69, 9.17) is 17.2 Å². The Morgan fingerprint density at radius 1 is 0.615 bits per heavy atom. The Labute approximate surface area is 381 Å². The molecule has 16 N–H and O–H groups in total. The molecule has 1 aliphatic heterocycles. The average Bonchev–Trinajstić information content (AvgIpc) is 3.76. The molecule has 0 bridgehead atoms. The number of hydrogen-bond acceptors (Lipinski definition) is 14. The van der Waals surface area contributed by atoms with Gasteiger partial charge in [0.15, 0.2) is 0 Å². The topological polar surface area (TPSA) is 380 Å². The maximum absolute atomic E-state index is 14.3. The molecule has 0 aromatic carbocycles. The Morgan fingerprint density at radius 3 is 1.60 bits per heavy atom. The average molecular weight is 928 g/mol. The van der Waals surface area contributed by atoms with Gasteiger partial charge in [-0.25, -0.2) is 4.79 Å². The second-order valence-corrected chi connectivity index (χ2v) is 17.3. The molecule has 0 saturated carbocycles. The number of aliphatic carboxylic acids is 1. The van der Waals surface area contributed by atoms with Crippen LogP contribution < -0.4 is 54.4 Å². The van der Waals surface area contributed by atoms with Crippen LogP contribution in [0.3, 0.4) is 0 Å².